The van der Waals surface area contributed by atoms with Gasteiger partial charge in [0.15, 0.2) is 0 Å². The minimum absolute atomic E-state index is 0.00241. The summed E-state index contributed by atoms with van der Waals surface area (Å²) in [6.07, 6.45) is 0. The first-order valence-electron chi connectivity index (χ1n) is 3.73. The Morgan fingerprint density at radius 3 is 2.60 bits per heavy atom. The van der Waals surface area contributed by atoms with E-state index in [0.717, 1.165) is 6.07 Å². The van der Waals surface area contributed by atoms with Gasteiger partial charge in [-0.05, 0) is 12.1 Å². The lowest BCUT2D eigenvalue weighted by atomic mass is 10.1. The Hall–Kier alpha value is -1.50. The molecule has 0 unspecified atom stereocenters. The minimum Gasteiger partial charge on any atom is -0.477 e. The molecule has 0 atom stereocenters. The lowest BCUT2D eigenvalue weighted by Gasteiger charge is -2.02. The fourth-order valence-electron chi connectivity index (χ4n) is 1.14. The molecule has 0 radical (unpaired) electrons. The van der Waals surface area contributed by atoms with E-state index in [4.69, 9.17) is 5.11 Å². The topological polar surface area (TPSA) is 80.4 Å². The monoisotopic (exact) mass is 277 g/mol. The van der Waals surface area contributed by atoms with Crippen LogP contribution in [0.2, 0.25) is 0 Å². The maximum Gasteiger partial charge on any atom is 0.342 e. The van der Waals surface area contributed by atoms with Crippen LogP contribution in [-0.2, 0) is 5.33 Å². The van der Waals surface area contributed by atoms with Crippen molar-refractivity contribution in [3.05, 3.63) is 39.2 Å². The van der Waals surface area contributed by atoms with Crippen LogP contribution in [0.4, 0.5) is 10.1 Å². The first-order chi connectivity index (χ1) is 6.97. The number of carboxylic acid groups (broad SMARTS) is 1. The van der Waals surface area contributed by atoms with Crippen molar-refractivity contribution in [1.29, 1.82) is 0 Å². The normalized spacial score (nSPS) is 10.0. The minimum atomic E-state index is -1.52. The van der Waals surface area contributed by atoms with E-state index in [0.29, 0.717) is 6.07 Å². The zero-order chi connectivity index (χ0) is 11.6. The van der Waals surface area contributed by atoms with Gasteiger partial charge in [0.25, 0.3) is 5.69 Å². The lowest BCUT2D eigenvalue weighted by molar-refractivity contribution is -0.385. The van der Waals surface area contributed by atoms with Crippen molar-refractivity contribution >= 4 is 27.6 Å². The Morgan fingerprint density at radius 1 is 1.60 bits per heavy atom. The van der Waals surface area contributed by atoms with E-state index in [1.54, 1.807) is 0 Å². The van der Waals surface area contributed by atoms with E-state index in [2.05, 4.69) is 15.9 Å². The molecule has 1 N–H and O–H groups in total. The van der Waals surface area contributed by atoms with Gasteiger partial charge in [0, 0.05) is 10.9 Å². The van der Waals surface area contributed by atoms with Crippen molar-refractivity contribution in [3.8, 4) is 0 Å². The summed E-state index contributed by atoms with van der Waals surface area (Å²) in [6.45, 7) is 0. The first kappa shape index (κ1) is 11.6. The van der Waals surface area contributed by atoms with Crippen LogP contribution >= 0.6 is 15.9 Å². The summed E-state index contributed by atoms with van der Waals surface area (Å²) in [5, 5.41) is 19.3. The third kappa shape index (κ3) is 2.30. The van der Waals surface area contributed by atoms with E-state index in [-0.39, 0.29) is 10.9 Å². The molecule has 5 nitrogen and oxygen atoms in total. The maximum atomic E-state index is 12.9. The number of halogens is 2. The number of carboxylic acids is 1. The van der Waals surface area contributed by atoms with Crippen molar-refractivity contribution in [2.75, 3.05) is 0 Å². The summed E-state index contributed by atoms with van der Waals surface area (Å²) in [6, 6.07) is 1.56. The Bertz CT molecular complexity index is 435. The number of aromatic carboxylic acids is 1. The Morgan fingerprint density at radius 2 is 2.20 bits per heavy atom. The average Bonchev–Trinajstić information content (AvgIpc) is 2.15. The van der Waals surface area contributed by atoms with Crippen LogP contribution in [0.3, 0.4) is 0 Å². The molecule has 1 aromatic rings. The van der Waals surface area contributed by atoms with Gasteiger partial charge in [0.2, 0.25) is 0 Å². The Kier molecular flexibility index (Phi) is 3.35. The van der Waals surface area contributed by atoms with Crippen molar-refractivity contribution in [3.63, 3.8) is 0 Å². The molecule has 0 saturated heterocycles. The van der Waals surface area contributed by atoms with Gasteiger partial charge < -0.3 is 5.11 Å². The molecule has 0 spiro atoms. The summed E-state index contributed by atoms with van der Waals surface area (Å²) >= 11 is 2.93. The molecular formula is C8H5BrFNO4. The molecule has 7 heteroatoms. The molecule has 1 aromatic carbocycles. The largest absolute Gasteiger partial charge is 0.477 e. The fraction of sp³-hybridized carbons (Fsp3) is 0.125. The SMILES string of the molecule is O=C(O)c1cc(F)cc(CBr)c1[N+](=O)[O-]. The number of nitrogens with zero attached hydrogens (tertiary/aromatic N) is 1. The van der Waals surface area contributed by atoms with Gasteiger partial charge in [0.1, 0.15) is 11.4 Å². The predicted octanol–water partition coefficient (Wildman–Crippen LogP) is 2.33. The second-order valence-electron chi connectivity index (χ2n) is 2.66. The van der Waals surface area contributed by atoms with Crippen molar-refractivity contribution in [2.45, 2.75) is 5.33 Å². The predicted molar refractivity (Wildman–Crippen MR) is 52.6 cm³/mol. The summed E-state index contributed by atoms with van der Waals surface area (Å²) in [5.41, 5.74) is -1.23. The first-order valence-corrected chi connectivity index (χ1v) is 4.85. The Balaban J connectivity index is 3.54. The highest BCUT2D eigenvalue weighted by molar-refractivity contribution is 9.08. The number of benzene rings is 1. The van der Waals surface area contributed by atoms with Crippen LogP contribution in [0.5, 0.6) is 0 Å². The van der Waals surface area contributed by atoms with Gasteiger partial charge in [-0.15, -0.1) is 0 Å². The quantitative estimate of drug-likeness (QED) is 0.522. The van der Waals surface area contributed by atoms with Crippen LogP contribution in [-0.4, -0.2) is 16.0 Å². The molecule has 0 fully saturated rings. The number of alkyl halides is 1. The zero-order valence-corrected chi connectivity index (χ0v) is 8.82. The summed E-state index contributed by atoms with van der Waals surface area (Å²) in [7, 11) is 0. The van der Waals surface area contributed by atoms with E-state index in [1.165, 1.54) is 0 Å². The van der Waals surface area contributed by atoms with Gasteiger partial charge in [-0.25, -0.2) is 9.18 Å². The van der Waals surface area contributed by atoms with Gasteiger partial charge >= 0.3 is 5.97 Å². The zero-order valence-electron chi connectivity index (χ0n) is 7.24. The third-order valence-electron chi connectivity index (χ3n) is 1.71. The molecule has 0 saturated carbocycles. The summed E-state index contributed by atoms with van der Waals surface area (Å²) < 4.78 is 12.9. The highest BCUT2D eigenvalue weighted by atomic mass is 79.9. The van der Waals surface area contributed by atoms with E-state index in [9.17, 15) is 19.3 Å². The summed E-state index contributed by atoms with van der Waals surface area (Å²) in [4.78, 5) is 20.4. The molecule has 15 heavy (non-hydrogen) atoms. The molecule has 0 aliphatic rings. The molecule has 0 bridgehead atoms. The van der Waals surface area contributed by atoms with Crippen LogP contribution in [0.1, 0.15) is 15.9 Å². The third-order valence-corrected chi connectivity index (χ3v) is 2.31. The van der Waals surface area contributed by atoms with Gasteiger partial charge in [0.05, 0.1) is 4.92 Å². The number of carbonyl (C=O) groups is 1. The van der Waals surface area contributed by atoms with E-state index < -0.39 is 28.0 Å². The number of hydrogen-bond donors (Lipinski definition) is 1. The van der Waals surface area contributed by atoms with Crippen molar-refractivity contribution < 1.29 is 19.2 Å². The average molecular weight is 278 g/mol. The van der Waals surface area contributed by atoms with Gasteiger partial charge in [-0.3, -0.25) is 10.1 Å². The van der Waals surface area contributed by atoms with Gasteiger partial charge in [-0.1, -0.05) is 15.9 Å². The van der Waals surface area contributed by atoms with E-state index >= 15 is 0 Å². The number of rotatable bonds is 3. The molecule has 0 aliphatic carbocycles. The smallest absolute Gasteiger partial charge is 0.342 e. The molecule has 80 valence electrons. The molecular weight excluding hydrogens is 273 g/mol. The Labute approximate surface area is 91.8 Å². The molecule has 0 aliphatic heterocycles. The van der Waals surface area contributed by atoms with E-state index in [1.807, 2.05) is 0 Å². The second-order valence-corrected chi connectivity index (χ2v) is 3.22. The molecule has 0 aromatic heterocycles. The molecule has 0 heterocycles. The van der Waals surface area contributed by atoms with Crippen LogP contribution < -0.4 is 0 Å². The van der Waals surface area contributed by atoms with Crippen LogP contribution in [0.15, 0.2) is 12.1 Å². The van der Waals surface area contributed by atoms with Gasteiger partial charge in [-0.2, -0.15) is 0 Å². The van der Waals surface area contributed by atoms with Crippen molar-refractivity contribution in [1.82, 2.24) is 0 Å². The fourth-order valence-corrected chi connectivity index (χ4v) is 1.56. The second kappa shape index (κ2) is 4.35. The van der Waals surface area contributed by atoms with Crippen molar-refractivity contribution in [2.24, 2.45) is 0 Å². The highest BCUT2D eigenvalue weighted by Gasteiger charge is 2.25. The number of hydrogen-bond acceptors (Lipinski definition) is 3. The van der Waals surface area contributed by atoms with Crippen LogP contribution in [0.25, 0.3) is 0 Å². The molecule has 1 rings (SSSR count). The lowest BCUT2D eigenvalue weighted by Crippen LogP contribution is -2.06. The van der Waals surface area contributed by atoms with Crippen LogP contribution in [0, 0.1) is 15.9 Å². The maximum absolute atomic E-state index is 12.9. The highest BCUT2D eigenvalue weighted by Crippen LogP contribution is 2.27. The number of nitro benzene ring substituents is 1. The molecule has 0 amide bonds. The standard InChI is InChI=1S/C8H5BrFNO4/c9-3-4-1-5(10)2-6(8(12)13)7(4)11(14)15/h1-2H,3H2,(H,12,13). The summed E-state index contributed by atoms with van der Waals surface area (Å²) in [5.74, 6) is -2.34. The number of nitro groups is 1.